The Hall–Kier alpha value is -0.160. The molecule has 0 unspecified atom stereocenters. The lowest BCUT2D eigenvalue weighted by molar-refractivity contribution is -0.157. The first kappa shape index (κ1) is 9.40. The molecule has 4 heteroatoms. The molecule has 2 rings (SSSR count). The van der Waals surface area contributed by atoms with Crippen molar-refractivity contribution in [2.45, 2.75) is 51.0 Å². The van der Waals surface area contributed by atoms with Gasteiger partial charge in [0.2, 0.25) is 0 Å². The quantitative estimate of drug-likeness (QED) is 0.593. The highest BCUT2D eigenvalue weighted by Gasteiger charge is 2.49. The largest absolute Gasteiger partial charge is 0.388 e. The zero-order valence-electron chi connectivity index (χ0n) is 8.19. The molecule has 4 nitrogen and oxygen atoms in total. The van der Waals surface area contributed by atoms with Gasteiger partial charge in [-0.05, 0) is 20.8 Å². The molecule has 0 saturated carbocycles. The molecule has 2 aliphatic heterocycles. The van der Waals surface area contributed by atoms with Gasteiger partial charge in [0.25, 0.3) is 0 Å². The summed E-state index contributed by atoms with van der Waals surface area (Å²) in [5.41, 5.74) is 0. The fraction of sp³-hybridized carbons (Fsp3) is 1.00. The first-order valence-electron chi connectivity index (χ1n) is 4.65. The standard InChI is InChI=1S/C9H16O4/c1-5-7(10)8-6(4-11-5)12-9(2,3)13-8/h5-8,10H,4H2,1-3H3/t5-,6+,7+,8+/m0/s1. The van der Waals surface area contributed by atoms with Crippen molar-refractivity contribution in [2.75, 3.05) is 6.61 Å². The number of hydrogen-bond acceptors (Lipinski definition) is 4. The lowest BCUT2D eigenvalue weighted by atomic mass is 10.0. The van der Waals surface area contributed by atoms with Crippen LogP contribution in [-0.4, -0.2) is 41.9 Å². The molecule has 0 aromatic rings. The van der Waals surface area contributed by atoms with E-state index in [2.05, 4.69) is 0 Å². The predicted octanol–water partition coefficient (Wildman–Crippen LogP) is 0.286. The maximum Gasteiger partial charge on any atom is 0.164 e. The summed E-state index contributed by atoms with van der Waals surface area (Å²) < 4.78 is 16.5. The van der Waals surface area contributed by atoms with Gasteiger partial charge >= 0.3 is 0 Å². The second-order valence-corrected chi connectivity index (χ2v) is 4.17. The lowest BCUT2D eigenvalue weighted by Crippen LogP contribution is -2.50. The first-order valence-corrected chi connectivity index (χ1v) is 4.65. The van der Waals surface area contributed by atoms with Gasteiger partial charge in [0.05, 0.1) is 12.7 Å². The summed E-state index contributed by atoms with van der Waals surface area (Å²) in [4.78, 5) is 0. The van der Waals surface area contributed by atoms with Crippen LogP contribution < -0.4 is 0 Å². The van der Waals surface area contributed by atoms with E-state index in [9.17, 15) is 5.11 Å². The minimum Gasteiger partial charge on any atom is -0.388 e. The minimum absolute atomic E-state index is 0.124. The van der Waals surface area contributed by atoms with Crippen molar-refractivity contribution in [3.63, 3.8) is 0 Å². The van der Waals surface area contributed by atoms with E-state index in [1.54, 1.807) is 0 Å². The molecule has 2 fully saturated rings. The number of aliphatic hydroxyl groups excluding tert-OH is 1. The molecule has 4 atom stereocenters. The average Bonchev–Trinajstić information content (AvgIpc) is 2.34. The first-order chi connectivity index (χ1) is 5.99. The van der Waals surface area contributed by atoms with Crippen LogP contribution in [0.25, 0.3) is 0 Å². The van der Waals surface area contributed by atoms with E-state index in [0.717, 1.165) is 0 Å². The molecule has 2 saturated heterocycles. The number of aliphatic hydroxyl groups is 1. The van der Waals surface area contributed by atoms with Crippen LogP contribution in [0.15, 0.2) is 0 Å². The van der Waals surface area contributed by atoms with Crippen molar-refractivity contribution < 1.29 is 19.3 Å². The lowest BCUT2D eigenvalue weighted by Gasteiger charge is -2.32. The van der Waals surface area contributed by atoms with Crippen LogP contribution in [-0.2, 0) is 14.2 Å². The Balaban J connectivity index is 2.11. The molecule has 2 heterocycles. The van der Waals surface area contributed by atoms with E-state index < -0.39 is 11.9 Å². The average molecular weight is 188 g/mol. The summed E-state index contributed by atoms with van der Waals surface area (Å²) in [6.07, 6.45) is -1.11. The van der Waals surface area contributed by atoms with Gasteiger partial charge in [-0.3, -0.25) is 0 Å². The van der Waals surface area contributed by atoms with Crippen LogP contribution in [0.4, 0.5) is 0 Å². The SMILES string of the molecule is C[C@@H]1OC[C@H]2OC(C)(C)O[C@H]2[C@@H]1O. The van der Waals surface area contributed by atoms with Crippen molar-refractivity contribution in [1.82, 2.24) is 0 Å². The molecule has 0 aliphatic carbocycles. The third kappa shape index (κ3) is 1.59. The van der Waals surface area contributed by atoms with Crippen LogP contribution in [0, 0.1) is 0 Å². The van der Waals surface area contributed by atoms with Gasteiger partial charge in [0, 0.05) is 0 Å². The number of rotatable bonds is 0. The van der Waals surface area contributed by atoms with Gasteiger partial charge in [-0.25, -0.2) is 0 Å². The Labute approximate surface area is 77.8 Å². The van der Waals surface area contributed by atoms with E-state index >= 15 is 0 Å². The fourth-order valence-electron chi connectivity index (χ4n) is 1.89. The monoisotopic (exact) mass is 188 g/mol. The number of ether oxygens (including phenoxy) is 3. The molecule has 13 heavy (non-hydrogen) atoms. The van der Waals surface area contributed by atoms with E-state index in [1.165, 1.54) is 0 Å². The van der Waals surface area contributed by atoms with Gasteiger partial charge in [-0.1, -0.05) is 0 Å². The third-order valence-corrected chi connectivity index (χ3v) is 2.56. The number of hydrogen-bond donors (Lipinski definition) is 1. The molecule has 0 radical (unpaired) electrons. The van der Waals surface area contributed by atoms with Gasteiger partial charge in [-0.15, -0.1) is 0 Å². The normalized spacial score (nSPS) is 48.9. The van der Waals surface area contributed by atoms with Gasteiger partial charge in [-0.2, -0.15) is 0 Å². The van der Waals surface area contributed by atoms with Crippen molar-refractivity contribution >= 4 is 0 Å². The predicted molar refractivity (Wildman–Crippen MR) is 45.2 cm³/mol. The summed E-state index contributed by atoms with van der Waals surface area (Å²) in [7, 11) is 0. The topological polar surface area (TPSA) is 47.9 Å². The molecule has 2 aliphatic rings. The summed E-state index contributed by atoms with van der Waals surface area (Å²) in [5, 5.41) is 9.75. The Morgan fingerprint density at radius 3 is 2.69 bits per heavy atom. The molecule has 0 bridgehead atoms. The van der Waals surface area contributed by atoms with Gasteiger partial charge in [0.15, 0.2) is 5.79 Å². The Bertz CT molecular complexity index is 204. The highest BCUT2D eigenvalue weighted by atomic mass is 16.8. The Morgan fingerprint density at radius 2 is 2.00 bits per heavy atom. The molecule has 0 aromatic carbocycles. The zero-order chi connectivity index (χ0) is 9.64. The molecular weight excluding hydrogens is 172 g/mol. The van der Waals surface area contributed by atoms with Crippen molar-refractivity contribution in [3.05, 3.63) is 0 Å². The molecule has 1 N–H and O–H groups in total. The van der Waals surface area contributed by atoms with Crippen LogP contribution in [0.1, 0.15) is 20.8 Å². The molecular formula is C9H16O4. The van der Waals surface area contributed by atoms with Crippen LogP contribution in [0.3, 0.4) is 0 Å². The van der Waals surface area contributed by atoms with E-state index in [1.807, 2.05) is 20.8 Å². The second-order valence-electron chi connectivity index (χ2n) is 4.17. The molecule has 0 aromatic heterocycles. The second kappa shape index (κ2) is 2.92. The molecule has 76 valence electrons. The molecule has 0 amide bonds. The fourth-order valence-corrected chi connectivity index (χ4v) is 1.89. The van der Waals surface area contributed by atoms with Crippen molar-refractivity contribution in [1.29, 1.82) is 0 Å². The van der Waals surface area contributed by atoms with Crippen LogP contribution in [0.2, 0.25) is 0 Å². The van der Waals surface area contributed by atoms with Crippen LogP contribution in [0.5, 0.6) is 0 Å². The van der Waals surface area contributed by atoms with E-state index in [-0.39, 0.29) is 18.3 Å². The smallest absolute Gasteiger partial charge is 0.164 e. The minimum atomic E-state index is -0.594. The maximum atomic E-state index is 9.75. The summed E-state index contributed by atoms with van der Waals surface area (Å²) in [6.45, 7) is 6.05. The maximum absolute atomic E-state index is 9.75. The third-order valence-electron chi connectivity index (χ3n) is 2.56. The highest BCUT2D eigenvalue weighted by molar-refractivity contribution is 4.92. The zero-order valence-corrected chi connectivity index (χ0v) is 8.19. The van der Waals surface area contributed by atoms with Crippen molar-refractivity contribution in [2.24, 2.45) is 0 Å². The summed E-state index contributed by atoms with van der Waals surface area (Å²) in [5.74, 6) is -0.594. The highest BCUT2D eigenvalue weighted by Crippen LogP contribution is 2.34. The van der Waals surface area contributed by atoms with Crippen molar-refractivity contribution in [3.8, 4) is 0 Å². The Kier molecular flexibility index (Phi) is 2.11. The van der Waals surface area contributed by atoms with E-state index in [4.69, 9.17) is 14.2 Å². The molecule has 0 spiro atoms. The number of fused-ring (bicyclic) bond motifs is 1. The van der Waals surface area contributed by atoms with E-state index in [0.29, 0.717) is 6.61 Å². The Morgan fingerprint density at radius 1 is 1.31 bits per heavy atom. The summed E-state index contributed by atoms with van der Waals surface area (Å²) in [6, 6.07) is 0. The van der Waals surface area contributed by atoms with Gasteiger partial charge in [0.1, 0.15) is 18.3 Å². The van der Waals surface area contributed by atoms with Gasteiger partial charge < -0.3 is 19.3 Å². The van der Waals surface area contributed by atoms with Crippen LogP contribution >= 0.6 is 0 Å². The summed E-state index contributed by atoms with van der Waals surface area (Å²) >= 11 is 0.